The van der Waals surface area contributed by atoms with Gasteiger partial charge in [0.2, 0.25) is 5.91 Å². The number of rotatable bonds is 7. The third-order valence-electron chi connectivity index (χ3n) is 4.95. The maximum Gasteiger partial charge on any atom is 0.221 e. The molecule has 0 unspecified atom stereocenters. The molecule has 142 valence electrons. The van der Waals surface area contributed by atoms with Gasteiger partial charge >= 0.3 is 0 Å². The zero-order valence-electron chi connectivity index (χ0n) is 16.5. The predicted molar refractivity (Wildman–Crippen MR) is 110 cm³/mol. The second-order valence-corrected chi connectivity index (χ2v) is 7.19. The summed E-state index contributed by atoms with van der Waals surface area (Å²) in [7, 11) is 1.66. The minimum Gasteiger partial charge on any atom is -0.497 e. The van der Waals surface area contributed by atoms with Gasteiger partial charge in [-0.15, -0.1) is 0 Å². The summed E-state index contributed by atoms with van der Waals surface area (Å²) in [6.07, 6.45) is 3.44. The Balaban J connectivity index is 2.04. The molecule has 27 heavy (non-hydrogen) atoms. The number of methoxy groups -OCH3 is 1. The van der Waals surface area contributed by atoms with Gasteiger partial charge in [0, 0.05) is 35.5 Å². The zero-order chi connectivity index (χ0) is 19.4. The highest BCUT2D eigenvalue weighted by atomic mass is 16.5. The smallest absolute Gasteiger partial charge is 0.221 e. The molecule has 0 saturated heterocycles. The van der Waals surface area contributed by atoms with Gasteiger partial charge in [-0.3, -0.25) is 4.79 Å². The molecule has 0 aliphatic carbocycles. The fourth-order valence-corrected chi connectivity index (χ4v) is 3.63. The number of carbonyl (C=O) groups excluding carboxylic acids is 1. The van der Waals surface area contributed by atoms with Gasteiger partial charge < -0.3 is 15.0 Å². The van der Waals surface area contributed by atoms with Gasteiger partial charge in [-0.25, -0.2) is 0 Å². The largest absolute Gasteiger partial charge is 0.497 e. The van der Waals surface area contributed by atoms with Gasteiger partial charge in [-0.05, 0) is 49.1 Å². The van der Waals surface area contributed by atoms with Crippen LogP contribution in [-0.2, 0) is 11.2 Å². The average molecular weight is 364 g/mol. The summed E-state index contributed by atoms with van der Waals surface area (Å²) in [5, 5.41) is 4.21. The first-order valence-electron chi connectivity index (χ1n) is 9.55. The second-order valence-electron chi connectivity index (χ2n) is 7.19. The Morgan fingerprint density at radius 1 is 1.15 bits per heavy atom. The number of hydrogen-bond donors (Lipinski definition) is 2. The number of para-hydroxylation sites is 1. The van der Waals surface area contributed by atoms with Crippen LogP contribution in [0.5, 0.6) is 5.75 Å². The first kappa shape index (κ1) is 19.0. The van der Waals surface area contributed by atoms with E-state index in [1.54, 1.807) is 7.11 Å². The Labute approximate surface area is 160 Å². The van der Waals surface area contributed by atoms with Crippen LogP contribution < -0.4 is 10.1 Å². The lowest BCUT2D eigenvalue weighted by molar-refractivity contribution is -0.121. The first-order valence-corrected chi connectivity index (χ1v) is 9.55. The molecule has 4 heteroatoms. The lowest BCUT2D eigenvalue weighted by Gasteiger charge is -2.19. The molecule has 0 fully saturated rings. The molecule has 0 spiro atoms. The van der Waals surface area contributed by atoms with Crippen LogP contribution in [0.2, 0.25) is 0 Å². The number of H-pyrrole nitrogens is 1. The Hall–Kier alpha value is -2.75. The summed E-state index contributed by atoms with van der Waals surface area (Å²) >= 11 is 0. The number of carbonyl (C=O) groups is 1. The van der Waals surface area contributed by atoms with Crippen LogP contribution in [0.3, 0.4) is 0 Å². The minimum absolute atomic E-state index is 0.0180. The van der Waals surface area contributed by atoms with Crippen LogP contribution in [0.1, 0.15) is 49.8 Å². The van der Waals surface area contributed by atoms with E-state index in [2.05, 4.69) is 53.8 Å². The first-order chi connectivity index (χ1) is 13.0. The Kier molecular flexibility index (Phi) is 5.84. The van der Waals surface area contributed by atoms with Crippen molar-refractivity contribution in [2.45, 2.75) is 45.6 Å². The molecular weight excluding hydrogens is 336 g/mol. The number of aryl methyl sites for hydroxylation is 1. The third kappa shape index (κ3) is 4.16. The van der Waals surface area contributed by atoms with E-state index in [4.69, 9.17) is 4.74 Å². The number of aromatic amines is 1. The highest BCUT2D eigenvalue weighted by Crippen LogP contribution is 2.35. The molecule has 1 atom stereocenters. The van der Waals surface area contributed by atoms with Crippen molar-refractivity contribution >= 4 is 16.8 Å². The zero-order valence-corrected chi connectivity index (χ0v) is 16.5. The number of benzene rings is 2. The van der Waals surface area contributed by atoms with Crippen LogP contribution in [0.4, 0.5) is 0 Å². The van der Waals surface area contributed by atoms with E-state index in [0.717, 1.165) is 28.8 Å². The van der Waals surface area contributed by atoms with Gasteiger partial charge in [0.15, 0.2) is 0 Å². The summed E-state index contributed by atoms with van der Waals surface area (Å²) in [4.78, 5) is 16.0. The van der Waals surface area contributed by atoms with E-state index in [1.165, 1.54) is 10.9 Å². The Morgan fingerprint density at radius 2 is 1.89 bits per heavy atom. The molecule has 1 amide bonds. The summed E-state index contributed by atoms with van der Waals surface area (Å²) in [5.74, 6) is 0.860. The SMILES string of the molecule is CCc1cccc2c([C@@H](CC(=O)NC(C)C)c3ccc(OC)cc3)c[nH]c12. The van der Waals surface area contributed by atoms with Crippen LogP contribution in [0, 0.1) is 0 Å². The van der Waals surface area contributed by atoms with Crippen molar-refractivity contribution in [3.8, 4) is 5.75 Å². The monoisotopic (exact) mass is 364 g/mol. The maximum absolute atomic E-state index is 12.6. The highest BCUT2D eigenvalue weighted by Gasteiger charge is 2.22. The van der Waals surface area contributed by atoms with E-state index in [0.29, 0.717) is 6.42 Å². The minimum atomic E-state index is -0.0180. The lowest BCUT2D eigenvalue weighted by atomic mass is 9.87. The van der Waals surface area contributed by atoms with E-state index in [-0.39, 0.29) is 17.9 Å². The third-order valence-corrected chi connectivity index (χ3v) is 4.95. The molecule has 4 nitrogen and oxygen atoms in total. The molecule has 0 bridgehead atoms. The molecule has 3 rings (SSSR count). The topological polar surface area (TPSA) is 54.1 Å². The molecule has 1 heterocycles. The quantitative estimate of drug-likeness (QED) is 0.633. The van der Waals surface area contributed by atoms with Gasteiger partial charge in [0.25, 0.3) is 0 Å². The van der Waals surface area contributed by atoms with Crippen LogP contribution in [0.25, 0.3) is 10.9 Å². The Morgan fingerprint density at radius 3 is 2.52 bits per heavy atom. The summed E-state index contributed by atoms with van der Waals surface area (Å²) in [5.41, 5.74) is 4.72. The molecule has 0 saturated carbocycles. The highest BCUT2D eigenvalue weighted by molar-refractivity contribution is 5.88. The second kappa shape index (κ2) is 8.30. The fraction of sp³-hybridized carbons (Fsp3) is 0.348. The molecule has 2 aromatic carbocycles. The molecule has 0 aliphatic rings. The van der Waals surface area contributed by atoms with Crippen molar-refractivity contribution in [3.05, 3.63) is 65.4 Å². The van der Waals surface area contributed by atoms with E-state index >= 15 is 0 Å². The Bertz CT molecular complexity index is 910. The number of hydrogen-bond acceptors (Lipinski definition) is 2. The van der Waals surface area contributed by atoms with Crippen LogP contribution in [0.15, 0.2) is 48.7 Å². The van der Waals surface area contributed by atoms with Crippen molar-refractivity contribution in [3.63, 3.8) is 0 Å². The van der Waals surface area contributed by atoms with Crippen molar-refractivity contribution in [2.24, 2.45) is 0 Å². The number of amides is 1. The lowest BCUT2D eigenvalue weighted by Crippen LogP contribution is -2.31. The number of ether oxygens (including phenoxy) is 1. The number of aromatic nitrogens is 1. The number of fused-ring (bicyclic) bond motifs is 1. The molecule has 0 radical (unpaired) electrons. The van der Waals surface area contributed by atoms with E-state index in [9.17, 15) is 4.79 Å². The van der Waals surface area contributed by atoms with Gasteiger partial charge in [-0.2, -0.15) is 0 Å². The maximum atomic E-state index is 12.6. The van der Waals surface area contributed by atoms with Crippen LogP contribution >= 0.6 is 0 Å². The fourth-order valence-electron chi connectivity index (χ4n) is 3.63. The average Bonchev–Trinajstić information content (AvgIpc) is 3.09. The van der Waals surface area contributed by atoms with Gasteiger partial charge in [-0.1, -0.05) is 37.3 Å². The summed E-state index contributed by atoms with van der Waals surface area (Å²) < 4.78 is 5.29. The predicted octanol–water partition coefficient (Wildman–Crippen LogP) is 4.79. The normalized spacial score (nSPS) is 12.3. The van der Waals surface area contributed by atoms with Crippen molar-refractivity contribution in [1.82, 2.24) is 10.3 Å². The van der Waals surface area contributed by atoms with Crippen LogP contribution in [-0.4, -0.2) is 24.0 Å². The van der Waals surface area contributed by atoms with E-state index in [1.807, 2.05) is 26.0 Å². The van der Waals surface area contributed by atoms with Gasteiger partial charge in [0.1, 0.15) is 5.75 Å². The summed E-state index contributed by atoms with van der Waals surface area (Å²) in [6, 6.07) is 14.5. The van der Waals surface area contributed by atoms with E-state index < -0.39 is 0 Å². The van der Waals surface area contributed by atoms with Crippen molar-refractivity contribution in [1.29, 1.82) is 0 Å². The number of nitrogens with one attached hydrogen (secondary N) is 2. The summed E-state index contributed by atoms with van der Waals surface area (Å²) in [6.45, 7) is 6.13. The van der Waals surface area contributed by atoms with Crippen molar-refractivity contribution < 1.29 is 9.53 Å². The molecule has 3 aromatic rings. The van der Waals surface area contributed by atoms with Gasteiger partial charge in [0.05, 0.1) is 7.11 Å². The van der Waals surface area contributed by atoms with Crippen molar-refractivity contribution in [2.75, 3.05) is 7.11 Å². The molecule has 2 N–H and O–H groups in total. The molecule has 1 aromatic heterocycles. The molecule has 0 aliphatic heterocycles. The standard InChI is InChI=1S/C23H28N2O2/c1-5-16-7-6-8-19-21(14-24-23(16)19)20(13-22(26)25-15(2)3)17-9-11-18(27-4)12-10-17/h6-12,14-15,20,24H,5,13H2,1-4H3,(H,25,26)/t20-/m0/s1. The molecular formula is C23H28N2O2.